The number of nitriles is 1. The Hall–Kier alpha value is -0.700. The zero-order valence-electron chi connectivity index (χ0n) is 5.51. The first-order valence-electron chi connectivity index (χ1n) is 2.91. The molecule has 4 heteroatoms. The van der Waals surface area contributed by atoms with Gasteiger partial charge in [-0.05, 0) is 34.2 Å². The SMILES string of the molecule is N#CCc1cnc(F)c(I)c1. The topological polar surface area (TPSA) is 36.7 Å². The molecule has 0 atom stereocenters. The zero-order valence-corrected chi connectivity index (χ0v) is 7.67. The van der Waals surface area contributed by atoms with Crippen molar-refractivity contribution < 1.29 is 4.39 Å². The maximum atomic E-state index is 12.5. The summed E-state index contributed by atoms with van der Waals surface area (Å²) in [6.45, 7) is 0. The van der Waals surface area contributed by atoms with E-state index in [4.69, 9.17) is 5.26 Å². The minimum absolute atomic E-state index is 0.281. The van der Waals surface area contributed by atoms with E-state index in [1.165, 1.54) is 6.20 Å². The first-order chi connectivity index (χ1) is 5.24. The number of hydrogen-bond donors (Lipinski definition) is 0. The van der Waals surface area contributed by atoms with Gasteiger partial charge in [-0.2, -0.15) is 9.65 Å². The molecule has 0 unspecified atom stereocenters. The molecule has 0 saturated carbocycles. The Morgan fingerprint density at radius 2 is 2.45 bits per heavy atom. The molecule has 0 spiro atoms. The van der Waals surface area contributed by atoms with E-state index in [0.29, 0.717) is 3.57 Å². The lowest BCUT2D eigenvalue weighted by molar-refractivity contribution is 0.574. The summed E-state index contributed by atoms with van der Waals surface area (Å²) in [6, 6.07) is 3.58. The summed E-state index contributed by atoms with van der Waals surface area (Å²) in [7, 11) is 0. The zero-order chi connectivity index (χ0) is 8.27. The van der Waals surface area contributed by atoms with Crippen molar-refractivity contribution in [3.8, 4) is 6.07 Å². The van der Waals surface area contributed by atoms with Crippen molar-refractivity contribution in [2.45, 2.75) is 6.42 Å². The first kappa shape index (κ1) is 8.40. The Morgan fingerprint density at radius 3 is 3.00 bits per heavy atom. The summed E-state index contributed by atoms with van der Waals surface area (Å²) in [4.78, 5) is 3.47. The van der Waals surface area contributed by atoms with Crippen molar-refractivity contribution in [2.24, 2.45) is 0 Å². The van der Waals surface area contributed by atoms with Crippen LogP contribution in [0.15, 0.2) is 12.3 Å². The minimum atomic E-state index is -0.479. The highest BCUT2D eigenvalue weighted by molar-refractivity contribution is 14.1. The summed E-state index contributed by atoms with van der Waals surface area (Å²) in [6.07, 6.45) is 1.66. The van der Waals surface area contributed by atoms with Gasteiger partial charge in [0.25, 0.3) is 0 Å². The maximum absolute atomic E-state index is 12.5. The van der Waals surface area contributed by atoms with Crippen molar-refractivity contribution in [3.63, 3.8) is 0 Å². The van der Waals surface area contributed by atoms with Gasteiger partial charge in [0.1, 0.15) is 0 Å². The number of aromatic nitrogens is 1. The maximum Gasteiger partial charge on any atom is 0.226 e. The summed E-state index contributed by atoms with van der Waals surface area (Å²) in [5, 5.41) is 8.31. The van der Waals surface area contributed by atoms with E-state index in [0.717, 1.165) is 5.56 Å². The number of rotatable bonds is 1. The van der Waals surface area contributed by atoms with Crippen molar-refractivity contribution >= 4 is 22.6 Å². The summed E-state index contributed by atoms with van der Waals surface area (Å²) in [5.74, 6) is -0.479. The third-order valence-corrected chi connectivity index (χ3v) is 1.89. The lowest BCUT2D eigenvalue weighted by atomic mass is 10.2. The molecule has 1 rings (SSSR count). The van der Waals surface area contributed by atoms with Crippen LogP contribution in [-0.2, 0) is 6.42 Å². The standard InChI is InChI=1S/C7H4FIN2/c8-7-6(9)3-5(1-2-10)4-11-7/h3-4H,1H2. The van der Waals surface area contributed by atoms with Crippen LogP contribution in [-0.4, -0.2) is 4.98 Å². The molecule has 56 valence electrons. The second-order valence-corrected chi connectivity index (χ2v) is 3.11. The average Bonchev–Trinajstić information content (AvgIpc) is 1.98. The third kappa shape index (κ3) is 2.12. The van der Waals surface area contributed by atoms with Gasteiger partial charge in [-0.25, -0.2) is 4.98 Å². The molecule has 0 N–H and O–H groups in total. The molecule has 0 aliphatic rings. The van der Waals surface area contributed by atoms with Gasteiger partial charge in [0.05, 0.1) is 16.1 Å². The van der Waals surface area contributed by atoms with Gasteiger partial charge in [-0.15, -0.1) is 0 Å². The van der Waals surface area contributed by atoms with E-state index in [1.807, 2.05) is 28.7 Å². The summed E-state index contributed by atoms with van der Waals surface area (Å²) >= 11 is 1.84. The average molecular weight is 262 g/mol. The lowest BCUT2D eigenvalue weighted by Gasteiger charge is -1.95. The molecule has 0 aliphatic carbocycles. The molecule has 0 radical (unpaired) electrons. The second-order valence-electron chi connectivity index (χ2n) is 1.95. The van der Waals surface area contributed by atoms with E-state index >= 15 is 0 Å². The smallest absolute Gasteiger partial charge is 0.226 e. The molecule has 0 fully saturated rings. The molecule has 0 bridgehead atoms. The fourth-order valence-corrected chi connectivity index (χ4v) is 1.19. The van der Waals surface area contributed by atoms with Crippen molar-refractivity contribution in [1.82, 2.24) is 4.98 Å². The Labute approximate surface area is 77.2 Å². The summed E-state index contributed by atoms with van der Waals surface area (Å²) in [5.41, 5.74) is 0.748. The van der Waals surface area contributed by atoms with Crippen LogP contribution in [0.25, 0.3) is 0 Å². The molecule has 0 aromatic carbocycles. The number of pyridine rings is 1. The van der Waals surface area contributed by atoms with Crippen molar-refractivity contribution in [1.29, 1.82) is 5.26 Å². The van der Waals surface area contributed by atoms with Crippen LogP contribution in [0.4, 0.5) is 4.39 Å². The van der Waals surface area contributed by atoms with Gasteiger partial charge >= 0.3 is 0 Å². The second kappa shape index (κ2) is 3.62. The molecule has 0 aliphatic heterocycles. The molecule has 0 saturated heterocycles. The van der Waals surface area contributed by atoms with Crippen LogP contribution in [0.5, 0.6) is 0 Å². The number of hydrogen-bond acceptors (Lipinski definition) is 2. The Morgan fingerprint density at radius 1 is 1.73 bits per heavy atom. The van der Waals surface area contributed by atoms with E-state index < -0.39 is 5.95 Å². The predicted molar refractivity (Wildman–Crippen MR) is 46.2 cm³/mol. The molecule has 1 aromatic rings. The Bertz CT molecular complexity index is 306. The highest BCUT2D eigenvalue weighted by Gasteiger charge is 2.00. The van der Waals surface area contributed by atoms with Gasteiger partial charge in [0, 0.05) is 6.20 Å². The third-order valence-electron chi connectivity index (χ3n) is 1.14. The van der Waals surface area contributed by atoms with Crippen LogP contribution < -0.4 is 0 Å². The fraction of sp³-hybridized carbons (Fsp3) is 0.143. The molecule has 0 amide bonds. The largest absolute Gasteiger partial charge is 0.227 e. The van der Waals surface area contributed by atoms with E-state index in [2.05, 4.69) is 4.98 Å². The van der Waals surface area contributed by atoms with Crippen LogP contribution in [0, 0.1) is 20.8 Å². The molecule has 1 aromatic heterocycles. The first-order valence-corrected chi connectivity index (χ1v) is 3.99. The highest BCUT2D eigenvalue weighted by Crippen LogP contribution is 2.09. The van der Waals surface area contributed by atoms with Gasteiger partial charge in [0.15, 0.2) is 0 Å². The van der Waals surface area contributed by atoms with E-state index in [-0.39, 0.29) is 6.42 Å². The van der Waals surface area contributed by atoms with Crippen LogP contribution in [0.3, 0.4) is 0 Å². The fourth-order valence-electron chi connectivity index (χ4n) is 0.649. The predicted octanol–water partition coefficient (Wildman–Crippen LogP) is 1.89. The minimum Gasteiger partial charge on any atom is -0.227 e. The molecule has 2 nitrogen and oxygen atoms in total. The molecule has 1 heterocycles. The Balaban J connectivity index is 2.98. The van der Waals surface area contributed by atoms with E-state index in [9.17, 15) is 4.39 Å². The lowest BCUT2D eigenvalue weighted by Crippen LogP contribution is -1.91. The van der Waals surface area contributed by atoms with Crippen molar-refractivity contribution in [3.05, 3.63) is 27.3 Å². The van der Waals surface area contributed by atoms with Crippen molar-refractivity contribution in [2.75, 3.05) is 0 Å². The Kier molecular flexibility index (Phi) is 2.76. The quantitative estimate of drug-likeness (QED) is 0.572. The van der Waals surface area contributed by atoms with Gasteiger partial charge < -0.3 is 0 Å². The van der Waals surface area contributed by atoms with Crippen LogP contribution in [0.1, 0.15) is 5.56 Å². The van der Waals surface area contributed by atoms with Crippen LogP contribution in [0.2, 0.25) is 0 Å². The number of halogens is 2. The van der Waals surface area contributed by atoms with Gasteiger partial charge in [-0.3, -0.25) is 0 Å². The highest BCUT2D eigenvalue weighted by atomic mass is 127. The van der Waals surface area contributed by atoms with Gasteiger partial charge in [0.2, 0.25) is 5.95 Å². The molecular formula is C7H4FIN2. The van der Waals surface area contributed by atoms with Crippen LogP contribution >= 0.6 is 22.6 Å². The summed E-state index contributed by atoms with van der Waals surface area (Å²) < 4.78 is 13.0. The molecule has 11 heavy (non-hydrogen) atoms. The normalized spacial score (nSPS) is 9.18. The van der Waals surface area contributed by atoms with Gasteiger partial charge in [-0.1, -0.05) is 0 Å². The molecular weight excluding hydrogens is 258 g/mol. The number of nitrogens with zero attached hydrogens (tertiary/aromatic N) is 2. The monoisotopic (exact) mass is 262 g/mol. The van der Waals surface area contributed by atoms with E-state index in [1.54, 1.807) is 6.07 Å².